The Balaban J connectivity index is 1.19. The van der Waals surface area contributed by atoms with Gasteiger partial charge in [0, 0.05) is 11.6 Å². The van der Waals surface area contributed by atoms with Gasteiger partial charge in [0.15, 0.2) is 11.5 Å². The molecule has 35 heavy (non-hydrogen) atoms. The molecule has 0 saturated heterocycles. The maximum absolute atomic E-state index is 12.7. The number of hydrazone groups is 1. The minimum absolute atomic E-state index is 0.153. The summed E-state index contributed by atoms with van der Waals surface area (Å²) in [5.41, 5.74) is 8.11. The molecule has 2 N–H and O–H groups in total. The van der Waals surface area contributed by atoms with Crippen LogP contribution in [-0.4, -0.2) is 24.3 Å². The highest BCUT2D eigenvalue weighted by atomic mass is 16.6. The van der Waals surface area contributed by atoms with Gasteiger partial charge in [0.05, 0.1) is 11.8 Å². The van der Waals surface area contributed by atoms with Gasteiger partial charge >= 0.3 is 0 Å². The summed E-state index contributed by atoms with van der Waals surface area (Å²) in [6.45, 7) is 2.06. The molecule has 3 aromatic rings. The van der Waals surface area contributed by atoms with Gasteiger partial charge in [-0.25, -0.2) is 5.43 Å². The number of allylic oxidation sites excluding steroid dienone is 2. The number of ether oxygens (including phenoxy) is 2. The largest absolute Gasteiger partial charge is 0.485 e. The molecule has 0 bridgehead atoms. The molecule has 1 aliphatic carbocycles. The number of anilines is 1. The predicted octanol–water partition coefficient (Wildman–Crippen LogP) is 5.19. The van der Waals surface area contributed by atoms with Gasteiger partial charge in [0.2, 0.25) is 6.10 Å². The number of amides is 1. The van der Waals surface area contributed by atoms with Gasteiger partial charge in [0.25, 0.3) is 5.91 Å². The first-order chi connectivity index (χ1) is 17.2. The van der Waals surface area contributed by atoms with Crippen molar-refractivity contribution in [1.82, 2.24) is 5.43 Å². The number of nitrogens with zero attached hydrogens (tertiary/aromatic N) is 1. The first-order valence-electron chi connectivity index (χ1n) is 12.0. The third-order valence-electron chi connectivity index (χ3n) is 7.07. The van der Waals surface area contributed by atoms with Crippen molar-refractivity contribution >= 4 is 17.3 Å². The fourth-order valence-electron chi connectivity index (χ4n) is 5.23. The SMILES string of the molecule is C/C(=N\NC(=O)C1COc2ccccc2O1)c1ccc2c(c1)C1C=CCC1C(c1ccccc1)N2. The van der Waals surface area contributed by atoms with Crippen LogP contribution in [0.5, 0.6) is 11.5 Å². The van der Waals surface area contributed by atoms with E-state index in [2.05, 4.69) is 70.5 Å². The van der Waals surface area contributed by atoms with Crippen molar-refractivity contribution in [2.45, 2.75) is 31.4 Å². The summed E-state index contributed by atoms with van der Waals surface area (Å²) in [7, 11) is 0. The third kappa shape index (κ3) is 4.05. The summed E-state index contributed by atoms with van der Waals surface area (Å²) in [6.07, 6.45) is 4.93. The zero-order valence-corrected chi connectivity index (χ0v) is 19.5. The van der Waals surface area contributed by atoms with Crippen molar-refractivity contribution in [1.29, 1.82) is 0 Å². The Kier molecular flexibility index (Phi) is 5.49. The van der Waals surface area contributed by atoms with E-state index < -0.39 is 6.10 Å². The minimum Gasteiger partial charge on any atom is -0.485 e. The average molecular weight is 466 g/mol. The second-order valence-corrected chi connectivity index (χ2v) is 9.23. The molecule has 0 saturated carbocycles. The van der Waals surface area contributed by atoms with Crippen LogP contribution < -0.4 is 20.2 Å². The summed E-state index contributed by atoms with van der Waals surface area (Å²) >= 11 is 0. The smallest absolute Gasteiger partial charge is 0.284 e. The number of carbonyl (C=O) groups is 1. The van der Waals surface area contributed by atoms with Crippen LogP contribution in [0, 0.1) is 5.92 Å². The molecule has 3 aromatic carbocycles. The van der Waals surface area contributed by atoms with E-state index in [0.29, 0.717) is 23.3 Å². The summed E-state index contributed by atoms with van der Waals surface area (Å²) in [4.78, 5) is 12.7. The van der Waals surface area contributed by atoms with Crippen molar-refractivity contribution in [2.24, 2.45) is 11.0 Å². The van der Waals surface area contributed by atoms with Crippen molar-refractivity contribution < 1.29 is 14.3 Å². The quantitative estimate of drug-likeness (QED) is 0.316. The molecule has 6 heteroatoms. The number of benzene rings is 3. The summed E-state index contributed by atoms with van der Waals surface area (Å²) in [5, 5.41) is 8.14. The molecule has 176 valence electrons. The van der Waals surface area contributed by atoms with Crippen LogP contribution in [-0.2, 0) is 4.79 Å². The van der Waals surface area contributed by atoms with Crippen LogP contribution in [0.25, 0.3) is 0 Å². The molecule has 0 fully saturated rings. The molecule has 6 nitrogen and oxygen atoms in total. The van der Waals surface area contributed by atoms with Crippen LogP contribution in [0.4, 0.5) is 5.69 Å². The van der Waals surface area contributed by atoms with Gasteiger partial charge in [-0.2, -0.15) is 5.10 Å². The lowest BCUT2D eigenvalue weighted by molar-refractivity contribution is -0.130. The summed E-state index contributed by atoms with van der Waals surface area (Å²) in [6, 6.07) is 24.6. The van der Waals surface area contributed by atoms with E-state index in [9.17, 15) is 4.79 Å². The molecule has 0 radical (unpaired) electrons. The van der Waals surface area contributed by atoms with Gasteiger partial charge in [-0.1, -0.05) is 60.7 Å². The Labute approximate surface area is 204 Å². The van der Waals surface area contributed by atoms with Crippen LogP contribution in [0.1, 0.15) is 42.0 Å². The Morgan fingerprint density at radius 3 is 2.69 bits per heavy atom. The molecular weight excluding hydrogens is 438 g/mol. The molecule has 2 heterocycles. The van der Waals surface area contributed by atoms with E-state index in [-0.39, 0.29) is 18.6 Å². The second kappa shape index (κ2) is 8.95. The average Bonchev–Trinajstić information content (AvgIpc) is 3.41. The van der Waals surface area contributed by atoms with Crippen molar-refractivity contribution in [3.63, 3.8) is 0 Å². The highest BCUT2D eigenvalue weighted by Gasteiger charge is 2.38. The van der Waals surface area contributed by atoms with Crippen LogP contribution in [0.2, 0.25) is 0 Å². The number of rotatable bonds is 4. The predicted molar refractivity (Wildman–Crippen MR) is 136 cm³/mol. The van der Waals surface area contributed by atoms with E-state index in [1.807, 2.05) is 31.2 Å². The summed E-state index contributed by atoms with van der Waals surface area (Å²) < 4.78 is 11.4. The molecule has 3 aliphatic rings. The fourth-order valence-corrected chi connectivity index (χ4v) is 5.23. The minimum atomic E-state index is -0.742. The van der Waals surface area contributed by atoms with Crippen LogP contribution >= 0.6 is 0 Å². The lowest BCUT2D eigenvalue weighted by atomic mass is 9.76. The number of hydrogen-bond donors (Lipinski definition) is 2. The van der Waals surface area contributed by atoms with E-state index in [1.165, 1.54) is 11.1 Å². The fraction of sp³-hybridized carbons (Fsp3) is 0.241. The monoisotopic (exact) mass is 465 g/mol. The molecule has 2 aliphatic heterocycles. The Hall–Kier alpha value is -4.06. The van der Waals surface area contributed by atoms with Crippen molar-refractivity contribution in [3.05, 3.63) is 102 Å². The normalized spacial score (nSPS) is 24.2. The Morgan fingerprint density at radius 1 is 1.03 bits per heavy atom. The zero-order valence-electron chi connectivity index (χ0n) is 19.5. The highest BCUT2D eigenvalue weighted by molar-refractivity contribution is 6.00. The van der Waals surface area contributed by atoms with E-state index >= 15 is 0 Å². The van der Waals surface area contributed by atoms with E-state index in [4.69, 9.17) is 9.47 Å². The molecule has 1 amide bonds. The second-order valence-electron chi connectivity index (χ2n) is 9.23. The number of hydrogen-bond acceptors (Lipinski definition) is 5. The van der Waals surface area contributed by atoms with Crippen LogP contribution in [0.15, 0.2) is 90.0 Å². The molecule has 4 unspecified atom stereocenters. The zero-order chi connectivity index (χ0) is 23.8. The van der Waals surface area contributed by atoms with Gasteiger partial charge in [-0.15, -0.1) is 0 Å². The number of fused-ring (bicyclic) bond motifs is 4. The maximum Gasteiger partial charge on any atom is 0.284 e. The van der Waals surface area contributed by atoms with Gasteiger partial charge < -0.3 is 14.8 Å². The van der Waals surface area contributed by atoms with Crippen molar-refractivity contribution in [2.75, 3.05) is 11.9 Å². The topological polar surface area (TPSA) is 72.0 Å². The van der Waals surface area contributed by atoms with Gasteiger partial charge in [-0.05, 0) is 60.2 Å². The molecule has 6 rings (SSSR count). The first kappa shape index (κ1) is 21.5. The highest BCUT2D eigenvalue weighted by Crippen LogP contribution is 2.49. The van der Waals surface area contributed by atoms with E-state index in [1.54, 1.807) is 6.07 Å². The van der Waals surface area contributed by atoms with Crippen LogP contribution in [0.3, 0.4) is 0 Å². The van der Waals surface area contributed by atoms with E-state index in [0.717, 1.165) is 23.4 Å². The summed E-state index contributed by atoms with van der Waals surface area (Å²) in [5.74, 6) is 1.71. The lowest BCUT2D eigenvalue weighted by Gasteiger charge is -2.37. The molecular formula is C29H27N3O3. The maximum atomic E-state index is 12.7. The Morgan fingerprint density at radius 2 is 1.83 bits per heavy atom. The molecule has 0 spiro atoms. The molecule has 0 aromatic heterocycles. The first-order valence-corrected chi connectivity index (χ1v) is 12.0. The Bertz CT molecular complexity index is 1320. The standard InChI is InChI=1S/C29H27N3O3/c1-18(31-32-29(33)27-17-34-25-12-5-6-13-26(25)35-27)20-14-15-24-23(16-20)21-10-7-11-22(21)28(30-24)19-8-3-2-4-9-19/h2-10,12-16,21-22,27-28,30H,11,17H2,1H3,(H,32,33)/b31-18+. The third-order valence-corrected chi connectivity index (χ3v) is 7.07. The van der Waals surface area contributed by atoms with Gasteiger partial charge in [-0.3, -0.25) is 4.79 Å². The number of carbonyl (C=O) groups excluding carboxylic acids is 1. The van der Waals surface area contributed by atoms with Gasteiger partial charge in [0.1, 0.15) is 6.61 Å². The molecule has 4 atom stereocenters. The van der Waals surface area contributed by atoms with Crippen molar-refractivity contribution in [3.8, 4) is 11.5 Å². The lowest BCUT2D eigenvalue weighted by Crippen LogP contribution is -2.42. The number of para-hydroxylation sites is 2. The number of nitrogens with one attached hydrogen (secondary N) is 2.